The largest absolute Gasteiger partial charge is 0.346 e. The second kappa shape index (κ2) is 7.60. The van der Waals surface area contributed by atoms with Crippen LogP contribution in [-0.4, -0.2) is 26.6 Å². The smallest absolute Gasteiger partial charge is 0.251 e. The van der Waals surface area contributed by atoms with Gasteiger partial charge in [0.15, 0.2) is 0 Å². The molecule has 2 amide bonds. The van der Waals surface area contributed by atoms with Crippen LogP contribution in [0.1, 0.15) is 28.7 Å². The SMILES string of the molecule is CC(=O)Nc1cc(C)nn1-c1ccc(C(=O)NCc2ccccn2)cc1. The number of carbonyl (C=O) groups is 2. The van der Waals surface area contributed by atoms with E-state index in [1.54, 1.807) is 41.2 Å². The van der Waals surface area contributed by atoms with E-state index in [2.05, 4.69) is 20.7 Å². The molecule has 0 fully saturated rings. The van der Waals surface area contributed by atoms with Gasteiger partial charge in [-0.15, -0.1) is 0 Å². The molecule has 0 bridgehead atoms. The van der Waals surface area contributed by atoms with Crippen molar-refractivity contribution in [2.45, 2.75) is 20.4 Å². The lowest BCUT2D eigenvalue weighted by Crippen LogP contribution is -2.23. The highest BCUT2D eigenvalue weighted by Crippen LogP contribution is 2.17. The molecule has 26 heavy (non-hydrogen) atoms. The average molecular weight is 349 g/mol. The first-order valence-electron chi connectivity index (χ1n) is 8.16. The number of nitrogens with zero attached hydrogens (tertiary/aromatic N) is 3. The first-order chi connectivity index (χ1) is 12.5. The van der Waals surface area contributed by atoms with E-state index in [0.29, 0.717) is 17.9 Å². The fourth-order valence-electron chi connectivity index (χ4n) is 2.50. The van der Waals surface area contributed by atoms with E-state index in [1.807, 2.05) is 25.1 Å². The number of anilines is 1. The molecule has 0 spiro atoms. The molecule has 7 heteroatoms. The van der Waals surface area contributed by atoms with Gasteiger partial charge in [-0.05, 0) is 43.3 Å². The molecule has 0 saturated carbocycles. The van der Waals surface area contributed by atoms with Crippen LogP contribution in [0.4, 0.5) is 5.82 Å². The molecular weight excluding hydrogens is 330 g/mol. The number of aryl methyl sites for hydroxylation is 1. The summed E-state index contributed by atoms with van der Waals surface area (Å²) >= 11 is 0. The highest BCUT2D eigenvalue weighted by molar-refractivity contribution is 5.94. The Hall–Kier alpha value is -3.48. The molecule has 2 aromatic heterocycles. The Morgan fingerprint density at radius 1 is 1.12 bits per heavy atom. The standard InChI is InChI=1S/C19H19N5O2/c1-13-11-18(22-14(2)25)24(23-13)17-8-6-15(7-9-17)19(26)21-12-16-5-3-4-10-20-16/h3-11H,12H2,1-2H3,(H,21,26)(H,22,25). The molecule has 0 radical (unpaired) electrons. The minimum atomic E-state index is -0.180. The zero-order valence-electron chi connectivity index (χ0n) is 14.6. The fraction of sp³-hybridized carbons (Fsp3) is 0.158. The van der Waals surface area contributed by atoms with Crippen molar-refractivity contribution in [2.75, 3.05) is 5.32 Å². The number of pyridine rings is 1. The first-order valence-corrected chi connectivity index (χ1v) is 8.16. The minimum Gasteiger partial charge on any atom is -0.346 e. The van der Waals surface area contributed by atoms with Gasteiger partial charge in [0, 0.05) is 24.8 Å². The molecule has 2 heterocycles. The van der Waals surface area contributed by atoms with Gasteiger partial charge in [-0.1, -0.05) is 6.07 Å². The Kier molecular flexibility index (Phi) is 5.07. The van der Waals surface area contributed by atoms with E-state index < -0.39 is 0 Å². The second-order valence-electron chi connectivity index (χ2n) is 5.81. The van der Waals surface area contributed by atoms with Gasteiger partial charge in [-0.3, -0.25) is 14.6 Å². The van der Waals surface area contributed by atoms with Gasteiger partial charge in [0.1, 0.15) is 5.82 Å². The molecule has 2 N–H and O–H groups in total. The third-order valence-corrected chi connectivity index (χ3v) is 3.67. The molecule has 0 aliphatic carbocycles. The first kappa shape index (κ1) is 17.3. The van der Waals surface area contributed by atoms with Gasteiger partial charge >= 0.3 is 0 Å². The Balaban J connectivity index is 1.72. The van der Waals surface area contributed by atoms with Crippen LogP contribution in [0.3, 0.4) is 0 Å². The van der Waals surface area contributed by atoms with Crippen molar-refractivity contribution in [2.24, 2.45) is 0 Å². The molecule has 7 nitrogen and oxygen atoms in total. The molecule has 1 aromatic carbocycles. The fourth-order valence-corrected chi connectivity index (χ4v) is 2.50. The summed E-state index contributed by atoms with van der Waals surface area (Å²) in [5.41, 5.74) is 2.87. The third kappa shape index (κ3) is 4.13. The Bertz CT molecular complexity index is 917. The quantitative estimate of drug-likeness (QED) is 0.740. The highest BCUT2D eigenvalue weighted by Gasteiger charge is 2.10. The topological polar surface area (TPSA) is 88.9 Å². The minimum absolute atomic E-state index is 0.170. The second-order valence-corrected chi connectivity index (χ2v) is 5.81. The summed E-state index contributed by atoms with van der Waals surface area (Å²) in [6.07, 6.45) is 1.69. The molecule has 0 aliphatic heterocycles. The summed E-state index contributed by atoms with van der Waals surface area (Å²) in [6.45, 7) is 3.66. The Morgan fingerprint density at radius 2 is 1.88 bits per heavy atom. The number of carbonyl (C=O) groups excluding carboxylic acids is 2. The van der Waals surface area contributed by atoms with Crippen LogP contribution in [0.5, 0.6) is 0 Å². The number of nitrogens with one attached hydrogen (secondary N) is 2. The van der Waals surface area contributed by atoms with Crippen LogP contribution in [0.2, 0.25) is 0 Å². The average Bonchev–Trinajstić information content (AvgIpc) is 3.00. The van der Waals surface area contributed by atoms with E-state index in [9.17, 15) is 9.59 Å². The maximum absolute atomic E-state index is 12.3. The maximum Gasteiger partial charge on any atom is 0.251 e. The molecule has 0 aliphatic rings. The lowest BCUT2D eigenvalue weighted by molar-refractivity contribution is -0.114. The lowest BCUT2D eigenvalue weighted by atomic mass is 10.2. The normalized spacial score (nSPS) is 10.4. The molecule has 132 valence electrons. The number of benzene rings is 1. The lowest BCUT2D eigenvalue weighted by Gasteiger charge is -2.09. The van der Waals surface area contributed by atoms with Crippen LogP contribution >= 0.6 is 0 Å². The van der Waals surface area contributed by atoms with E-state index >= 15 is 0 Å². The number of rotatable bonds is 5. The molecular formula is C19H19N5O2. The number of hydrogen-bond donors (Lipinski definition) is 2. The molecule has 0 unspecified atom stereocenters. The number of amides is 2. The van der Waals surface area contributed by atoms with Gasteiger partial charge < -0.3 is 10.6 Å². The van der Waals surface area contributed by atoms with E-state index in [4.69, 9.17) is 0 Å². The van der Waals surface area contributed by atoms with Crippen LogP contribution in [0.25, 0.3) is 5.69 Å². The zero-order chi connectivity index (χ0) is 18.5. The zero-order valence-corrected chi connectivity index (χ0v) is 14.6. The summed E-state index contributed by atoms with van der Waals surface area (Å²) in [6, 6.07) is 14.4. The van der Waals surface area contributed by atoms with Crippen LogP contribution in [0, 0.1) is 6.92 Å². The predicted molar refractivity (Wildman–Crippen MR) is 98.0 cm³/mol. The predicted octanol–water partition coefficient (Wildman–Crippen LogP) is 2.46. The molecule has 3 rings (SSSR count). The highest BCUT2D eigenvalue weighted by atomic mass is 16.2. The van der Waals surface area contributed by atoms with Gasteiger partial charge in [0.25, 0.3) is 5.91 Å². The summed E-state index contributed by atoms with van der Waals surface area (Å²) in [4.78, 5) is 27.8. The van der Waals surface area contributed by atoms with E-state index in [1.165, 1.54) is 6.92 Å². The van der Waals surface area contributed by atoms with E-state index in [-0.39, 0.29) is 11.8 Å². The van der Waals surface area contributed by atoms with Gasteiger partial charge in [-0.25, -0.2) is 4.68 Å². The summed E-state index contributed by atoms with van der Waals surface area (Å²) in [7, 11) is 0. The van der Waals surface area contributed by atoms with Gasteiger partial charge in [0.05, 0.1) is 23.6 Å². The maximum atomic E-state index is 12.3. The van der Waals surface area contributed by atoms with Crippen molar-refractivity contribution in [3.05, 3.63) is 71.7 Å². The molecule has 3 aromatic rings. The summed E-state index contributed by atoms with van der Waals surface area (Å²) in [5.74, 6) is 0.236. The van der Waals surface area contributed by atoms with Gasteiger partial charge in [0.2, 0.25) is 5.91 Å². The van der Waals surface area contributed by atoms with Crippen molar-refractivity contribution in [3.63, 3.8) is 0 Å². The number of aromatic nitrogens is 3. The van der Waals surface area contributed by atoms with Gasteiger partial charge in [-0.2, -0.15) is 5.10 Å². The van der Waals surface area contributed by atoms with E-state index in [0.717, 1.165) is 17.1 Å². The third-order valence-electron chi connectivity index (χ3n) is 3.67. The van der Waals surface area contributed by atoms with Crippen molar-refractivity contribution in [3.8, 4) is 5.69 Å². The summed E-state index contributed by atoms with van der Waals surface area (Å²) in [5, 5.41) is 9.96. The van der Waals surface area contributed by atoms with Crippen LogP contribution in [-0.2, 0) is 11.3 Å². The van der Waals surface area contributed by atoms with Crippen molar-refractivity contribution < 1.29 is 9.59 Å². The molecule has 0 atom stereocenters. The molecule has 0 saturated heterocycles. The van der Waals surface area contributed by atoms with Crippen molar-refractivity contribution >= 4 is 17.6 Å². The summed E-state index contributed by atoms with van der Waals surface area (Å²) < 4.78 is 1.63. The van der Waals surface area contributed by atoms with Crippen LogP contribution < -0.4 is 10.6 Å². The number of hydrogen-bond acceptors (Lipinski definition) is 4. The van der Waals surface area contributed by atoms with Crippen molar-refractivity contribution in [1.29, 1.82) is 0 Å². The van der Waals surface area contributed by atoms with Crippen LogP contribution in [0.15, 0.2) is 54.7 Å². The van der Waals surface area contributed by atoms with Crippen molar-refractivity contribution in [1.82, 2.24) is 20.1 Å². The Labute approximate surface area is 151 Å². The monoisotopic (exact) mass is 349 g/mol. The Morgan fingerprint density at radius 3 is 2.54 bits per heavy atom.